The molecule has 2 unspecified atom stereocenters. The molecule has 1 N–H and O–H groups in total. The maximum atomic E-state index is 3.65. The van der Waals surface area contributed by atoms with E-state index in [0.717, 1.165) is 6.04 Å². The van der Waals surface area contributed by atoms with Gasteiger partial charge in [0.1, 0.15) is 0 Å². The summed E-state index contributed by atoms with van der Waals surface area (Å²) in [6, 6.07) is 0.738. The second-order valence-electron chi connectivity index (χ2n) is 6.61. The van der Waals surface area contributed by atoms with E-state index < -0.39 is 0 Å². The molecule has 1 saturated heterocycles. The van der Waals surface area contributed by atoms with E-state index >= 15 is 0 Å². The van der Waals surface area contributed by atoms with Crippen LogP contribution in [0, 0.1) is 5.41 Å². The SMILES string of the molecule is CCCCN(CC1(CCC)CCCNC1)C(C)CC. The normalized spacial score (nSPS) is 25.7. The van der Waals surface area contributed by atoms with Gasteiger partial charge in [-0.2, -0.15) is 0 Å². The van der Waals surface area contributed by atoms with Crippen LogP contribution in [0.2, 0.25) is 0 Å². The monoisotopic (exact) mass is 268 g/mol. The van der Waals surface area contributed by atoms with Gasteiger partial charge in [0.2, 0.25) is 0 Å². The van der Waals surface area contributed by atoms with Crippen molar-refractivity contribution in [1.29, 1.82) is 0 Å². The molecule has 2 heteroatoms. The smallest absolute Gasteiger partial charge is 0.00645 e. The maximum absolute atomic E-state index is 3.65. The van der Waals surface area contributed by atoms with E-state index in [1.807, 2.05) is 0 Å². The Balaban J connectivity index is 2.65. The van der Waals surface area contributed by atoms with Crippen molar-refractivity contribution >= 4 is 0 Å². The Hall–Kier alpha value is -0.0800. The summed E-state index contributed by atoms with van der Waals surface area (Å²) >= 11 is 0. The highest BCUT2D eigenvalue weighted by molar-refractivity contribution is 4.89. The molecule has 1 heterocycles. The zero-order valence-corrected chi connectivity index (χ0v) is 13.8. The molecular weight excluding hydrogens is 232 g/mol. The third-order valence-electron chi connectivity index (χ3n) is 4.89. The van der Waals surface area contributed by atoms with Gasteiger partial charge in [-0.15, -0.1) is 0 Å². The number of unbranched alkanes of at least 4 members (excludes halogenated alkanes) is 1. The molecule has 114 valence electrons. The highest BCUT2D eigenvalue weighted by atomic mass is 15.2. The minimum absolute atomic E-state index is 0.546. The predicted molar refractivity (Wildman–Crippen MR) is 85.7 cm³/mol. The van der Waals surface area contributed by atoms with Crippen LogP contribution in [-0.2, 0) is 0 Å². The quantitative estimate of drug-likeness (QED) is 0.678. The van der Waals surface area contributed by atoms with Crippen LogP contribution in [0.4, 0.5) is 0 Å². The lowest BCUT2D eigenvalue weighted by molar-refractivity contribution is 0.0793. The Morgan fingerprint density at radius 1 is 1.21 bits per heavy atom. The molecule has 0 spiro atoms. The van der Waals surface area contributed by atoms with Crippen molar-refractivity contribution in [2.24, 2.45) is 5.41 Å². The molecule has 0 aromatic carbocycles. The largest absolute Gasteiger partial charge is 0.316 e. The molecule has 0 saturated carbocycles. The Kier molecular flexibility index (Phi) is 8.01. The van der Waals surface area contributed by atoms with Crippen LogP contribution in [0.5, 0.6) is 0 Å². The number of rotatable bonds is 9. The molecule has 1 aliphatic rings. The van der Waals surface area contributed by atoms with Gasteiger partial charge in [0.15, 0.2) is 0 Å². The van der Waals surface area contributed by atoms with Crippen LogP contribution < -0.4 is 5.32 Å². The van der Waals surface area contributed by atoms with Crippen molar-refractivity contribution in [2.45, 2.75) is 78.7 Å². The molecule has 19 heavy (non-hydrogen) atoms. The summed E-state index contributed by atoms with van der Waals surface area (Å²) in [5.41, 5.74) is 0.546. The summed E-state index contributed by atoms with van der Waals surface area (Å²) < 4.78 is 0. The number of hydrogen-bond acceptors (Lipinski definition) is 2. The summed E-state index contributed by atoms with van der Waals surface area (Å²) in [5.74, 6) is 0. The lowest BCUT2D eigenvalue weighted by Gasteiger charge is -2.43. The van der Waals surface area contributed by atoms with Crippen molar-refractivity contribution < 1.29 is 0 Å². The fourth-order valence-corrected chi connectivity index (χ4v) is 3.49. The van der Waals surface area contributed by atoms with E-state index in [-0.39, 0.29) is 0 Å². The first-order valence-corrected chi connectivity index (χ1v) is 8.62. The molecule has 0 aromatic rings. The standard InChI is InChI=1S/C17H36N2/c1-5-8-13-19(16(4)7-3)15-17(10-6-2)11-9-12-18-14-17/h16,18H,5-15H2,1-4H3. The van der Waals surface area contributed by atoms with E-state index in [0.29, 0.717) is 5.41 Å². The minimum Gasteiger partial charge on any atom is -0.316 e. The van der Waals surface area contributed by atoms with Crippen LogP contribution in [0.1, 0.15) is 72.6 Å². The number of nitrogens with one attached hydrogen (secondary N) is 1. The van der Waals surface area contributed by atoms with Crippen molar-refractivity contribution in [2.75, 3.05) is 26.2 Å². The van der Waals surface area contributed by atoms with E-state index in [9.17, 15) is 0 Å². The van der Waals surface area contributed by atoms with E-state index in [1.54, 1.807) is 0 Å². The third-order valence-corrected chi connectivity index (χ3v) is 4.89. The minimum atomic E-state index is 0.546. The first-order chi connectivity index (χ1) is 9.17. The van der Waals surface area contributed by atoms with Crippen molar-refractivity contribution in [3.05, 3.63) is 0 Å². The van der Waals surface area contributed by atoms with Crippen molar-refractivity contribution in [3.63, 3.8) is 0 Å². The fraction of sp³-hybridized carbons (Fsp3) is 1.00. The van der Waals surface area contributed by atoms with Gasteiger partial charge >= 0.3 is 0 Å². The van der Waals surface area contributed by atoms with E-state index in [1.165, 1.54) is 71.1 Å². The highest BCUT2D eigenvalue weighted by Gasteiger charge is 2.33. The zero-order chi connectivity index (χ0) is 14.1. The van der Waals surface area contributed by atoms with Crippen LogP contribution in [0.3, 0.4) is 0 Å². The molecule has 0 aromatic heterocycles. The lowest BCUT2D eigenvalue weighted by atomic mass is 9.76. The van der Waals surface area contributed by atoms with Crippen LogP contribution >= 0.6 is 0 Å². The van der Waals surface area contributed by atoms with Gasteiger partial charge in [0, 0.05) is 19.1 Å². The molecular formula is C17H36N2. The lowest BCUT2D eigenvalue weighted by Crippen LogP contribution is -2.49. The zero-order valence-electron chi connectivity index (χ0n) is 13.8. The second kappa shape index (κ2) is 8.97. The molecule has 1 fully saturated rings. The summed E-state index contributed by atoms with van der Waals surface area (Å²) in [7, 11) is 0. The second-order valence-corrected chi connectivity index (χ2v) is 6.61. The Labute approximate surface area is 121 Å². The molecule has 1 aliphatic heterocycles. The summed E-state index contributed by atoms with van der Waals surface area (Å²) in [6.45, 7) is 14.4. The third kappa shape index (κ3) is 5.43. The first-order valence-electron chi connectivity index (χ1n) is 8.62. The first kappa shape index (κ1) is 17.0. The van der Waals surface area contributed by atoms with Gasteiger partial charge < -0.3 is 10.2 Å². The highest BCUT2D eigenvalue weighted by Crippen LogP contribution is 2.33. The molecule has 0 amide bonds. The van der Waals surface area contributed by atoms with Crippen molar-refractivity contribution in [3.8, 4) is 0 Å². The summed E-state index contributed by atoms with van der Waals surface area (Å²) in [6.07, 6.45) is 9.43. The fourth-order valence-electron chi connectivity index (χ4n) is 3.49. The van der Waals surface area contributed by atoms with E-state index in [4.69, 9.17) is 0 Å². The summed E-state index contributed by atoms with van der Waals surface area (Å²) in [4.78, 5) is 2.77. The van der Waals surface area contributed by atoms with Gasteiger partial charge in [0.05, 0.1) is 0 Å². The molecule has 0 aliphatic carbocycles. The molecule has 0 bridgehead atoms. The molecule has 2 atom stereocenters. The van der Waals surface area contributed by atoms with Gasteiger partial charge in [-0.1, -0.05) is 33.6 Å². The molecule has 0 radical (unpaired) electrons. The van der Waals surface area contributed by atoms with Crippen LogP contribution in [-0.4, -0.2) is 37.1 Å². The van der Waals surface area contributed by atoms with Gasteiger partial charge in [-0.25, -0.2) is 0 Å². The average molecular weight is 268 g/mol. The van der Waals surface area contributed by atoms with Gasteiger partial charge in [0.25, 0.3) is 0 Å². The predicted octanol–water partition coefficient (Wildman–Crippen LogP) is 4.06. The van der Waals surface area contributed by atoms with Crippen LogP contribution in [0.25, 0.3) is 0 Å². The summed E-state index contributed by atoms with van der Waals surface area (Å²) in [5, 5.41) is 3.65. The maximum Gasteiger partial charge on any atom is 0.00645 e. The Morgan fingerprint density at radius 2 is 2.00 bits per heavy atom. The number of nitrogens with zero attached hydrogens (tertiary/aromatic N) is 1. The van der Waals surface area contributed by atoms with E-state index in [2.05, 4.69) is 37.9 Å². The van der Waals surface area contributed by atoms with Crippen LogP contribution in [0.15, 0.2) is 0 Å². The van der Waals surface area contributed by atoms with Gasteiger partial charge in [-0.3, -0.25) is 0 Å². The Bertz CT molecular complexity index is 216. The molecule has 1 rings (SSSR count). The number of hydrogen-bond donors (Lipinski definition) is 1. The average Bonchev–Trinajstić information content (AvgIpc) is 2.44. The Morgan fingerprint density at radius 3 is 2.53 bits per heavy atom. The number of piperidine rings is 1. The van der Waals surface area contributed by atoms with Gasteiger partial charge in [-0.05, 0) is 57.5 Å². The molecule has 2 nitrogen and oxygen atoms in total. The topological polar surface area (TPSA) is 15.3 Å². The van der Waals surface area contributed by atoms with Crippen molar-refractivity contribution in [1.82, 2.24) is 10.2 Å².